The zero-order valence-corrected chi connectivity index (χ0v) is 20.7. The number of benzene rings is 2. The van der Waals surface area contributed by atoms with Crippen LogP contribution in [0.3, 0.4) is 0 Å². The number of aromatic nitrogens is 1. The zero-order chi connectivity index (χ0) is 27.3. The number of hydrogen-bond acceptors (Lipinski definition) is 7. The Morgan fingerprint density at radius 3 is 2.32 bits per heavy atom. The first kappa shape index (κ1) is 27.6. The maximum Gasteiger partial charge on any atom is 0.387 e. The molecule has 13 heteroatoms. The second kappa shape index (κ2) is 11.8. The van der Waals surface area contributed by atoms with Crippen molar-refractivity contribution in [2.45, 2.75) is 39.8 Å². The van der Waals surface area contributed by atoms with E-state index in [0.717, 1.165) is 23.5 Å². The number of aryl methyl sites for hydroxylation is 1. The van der Waals surface area contributed by atoms with Crippen molar-refractivity contribution in [1.82, 2.24) is 15.8 Å². The van der Waals surface area contributed by atoms with E-state index >= 15 is 0 Å². The Bertz CT molecular complexity index is 1300. The fraction of sp³-hybridized carbons (Fsp3) is 0.250. The first-order chi connectivity index (χ1) is 17.5. The highest BCUT2D eigenvalue weighted by Crippen LogP contribution is 2.35. The molecule has 0 fully saturated rings. The number of nitrogens with zero attached hydrogens (tertiary/aromatic N) is 2. The van der Waals surface area contributed by atoms with Crippen LogP contribution in [-0.2, 0) is 9.59 Å². The van der Waals surface area contributed by atoms with Crippen LogP contribution < -0.4 is 20.5 Å². The second-order valence-corrected chi connectivity index (χ2v) is 8.66. The summed E-state index contributed by atoms with van der Waals surface area (Å²) in [4.78, 5) is 43.3. The van der Waals surface area contributed by atoms with Crippen LogP contribution in [-0.4, -0.2) is 35.2 Å². The van der Waals surface area contributed by atoms with E-state index in [2.05, 4.69) is 20.6 Å². The minimum absolute atomic E-state index is 0.0737. The van der Waals surface area contributed by atoms with Crippen LogP contribution in [0, 0.1) is 18.6 Å². The summed E-state index contributed by atoms with van der Waals surface area (Å²) in [6, 6.07) is 7.01. The van der Waals surface area contributed by atoms with Crippen molar-refractivity contribution in [1.29, 1.82) is 0 Å². The van der Waals surface area contributed by atoms with Crippen molar-refractivity contribution >= 4 is 39.8 Å². The van der Waals surface area contributed by atoms with Crippen LogP contribution in [0.15, 0.2) is 42.5 Å². The molecule has 196 valence electrons. The van der Waals surface area contributed by atoms with Crippen LogP contribution in [0.5, 0.6) is 5.75 Å². The van der Waals surface area contributed by atoms with Crippen LogP contribution >= 0.6 is 11.3 Å². The van der Waals surface area contributed by atoms with Crippen molar-refractivity contribution in [2.24, 2.45) is 0 Å². The fourth-order valence-corrected chi connectivity index (χ4v) is 4.32. The first-order valence-corrected chi connectivity index (χ1v) is 11.7. The van der Waals surface area contributed by atoms with Gasteiger partial charge in [-0.25, -0.2) is 13.8 Å². The summed E-state index contributed by atoms with van der Waals surface area (Å²) in [7, 11) is 0. The molecule has 0 aliphatic rings. The van der Waals surface area contributed by atoms with E-state index in [1.54, 1.807) is 13.8 Å². The summed E-state index contributed by atoms with van der Waals surface area (Å²) in [5.41, 5.74) is 5.04. The molecule has 2 aromatic carbocycles. The van der Waals surface area contributed by atoms with Crippen molar-refractivity contribution in [3.05, 3.63) is 70.2 Å². The average molecular weight is 539 g/mol. The number of ketones is 1. The third kappa shape index (κ3) is 6.61. The quantitative estimate of drug-likeness (QED) is 0.234. The number of carbonyl (C=O) groups excluding carboxylic acids is 3. The summed E-state index contributed by atoms with van der Waals surface area (Å²) in [5.74, 6) is -3.97. The molecule has 1 aromatic heterocycles. The van der Waals surface area contributed by atoms with Crippen LogP contribution in [0.25, 0.3) is 0 Å². The minimum Gasteiger partial charge on any atom is -0.435 e. The van der Waals surface area contributed by atoms with Crippen LogP contribution in [0.2, 0.25) is 0 Å². The molecule has 8 nitrogen and oxygen atoms in total. The second-order valence-electron chi connectivity index (χ2n) is 7.68. The molecule has 3 aromatic rings. The maximum atomic E-state index is 14.1. The minimum atomic E-state index is -3.01. The molecule has 0 aliphatic carbocycles. The van der Waals surface area contributed by atoms with E-state index in [4.69, 9.17) is 0 Å². The molecule has 0 radical (unpaired) electrons. The van der Waals surface area contributed by atoms with E-state index in [1.807, 2.05) is 0 Å². The zero-order valence-electron chi connectivity index (χ0n) is 19.9. The third-order valence-corrected chi connectivity index (χ3v) is 6.29. The van der Waals surface area contributed by atoms with Gasteiger partial charge in [-0.2, -0.15) is 8.78 Å². The number of amides is 2. The number of halogens is 4. The molecule has 1 unspecified atom stereocenters. The number of rotatable bonds is 9. The van der Waals surface area contributed by atoms with Crippen LogP contribution in [0.1, 0.15) is 41.2 Å². The molecule has 1 heterocycles. The molecular weight excluding hydrogens is 516 g/mol. The topological polar surface area (TPSA) is 101 Å². The summed E-state index contributed by atoms with van der Waals surface area (Å²) < 4.78 is 56.8. The van der Waals surface area contributed by atoms with Gasteiger partial charge in [-0.05, 0) is 50.2 Å². The van der Waals surface area contributed by atoms with E-state index in [-0.39, 0.29) is 39.1 Å². The summed E-state index contributed by atoms with van der Waals surface area (Å²) in [5, 5.41) is 0.119. The van der Waals surface area contributed by atoms with Crippen molar-refractivity contribution in [3.63, 3.8) is 0 Å². The third-order valence-electron chi connectivity index (χ3n) is 5.13. The molecule has 37 heavy (non-hydrogen) atoms. The van der Waals surface area contributed by atoms with Crippen molar-refractivity contribution in [3.8, 4) is 5.75 Å². The number of thiazole rings is 1. The fourth-order valence-electron chi connectivity index (χ4n) is 3.19. The number of hydrazine groups is 1. The molecule has 0 aliphatic heterocycles. The highest BCUT2D eigenvalue weighted by Gasteiger charge is 2.29. The SMILES string of the molecule is CCC(=O)NNC(=O)C(C)N(c1ccc(F)c(F)c1)c1nc(C)c(C(=O)c2ccc(OC(F)F)cc2)s1. The molecule has 1 atom stereocenters. The molecule has 3 rings (SSSR count). The Hall–Kier alpha value is -4.00. The molecule has 2 amide bonds. The summed E-state index contributed by atoms with van der Waals surface area (Å²) >= 11 is 0.895. The largest absolute Gasteiger partial charge is 0.435 e. The lowest BCUT2D eigenvalue weighted by Gasteiger charge is -2.28. The van der Waals surface area contributed by atoms with E-state index < -0.39 is 41.9 Å². The highest BCUT2D eigenvalue weighted by atomic mass is 32.1. The Labute approximate surface area is 213 Å². The van der Waals surface area contributed by atoms with Gasteiger partial charge in [0.2, 0.25) is 11.7 Å². The molecule has 0 bridgehead atoms. The van der Waals surface area contributed by atoms with Gasteiger partial charge in [0, 0.05) is 23.7 Å². The number of ether oxygens (including phenoxy) is 1. The lowest BCUT2D eigenvalue weighted by Crippen LogP contribution is -2.50. The molecule has 0 saturated carbocycles. The van der Waals surface area contributed by atoms with Gasteiger partial charge in [0.25, 0.3) is 5.91 Å². The summed E-state index contributed by atoms with van der Waals surface area (Å²) in [6.07, 6.45) is 0.119. The van der Waals surface area contributed by atoms with E-state index in [9.17, 15) is 31.9 Å². The number of hydrogen-bond donors (Lipinski definition) is 2. The van der Waals surface area contributed by atoms with Crippen molar-refractivity contribution < 1.29 is 36.7 Å². The summed E-state index contributed by atoms with van der Waals surface area (Å²) in [6.45, 7) is 1.59. The average Bonchev–Trinajstić information content (AvgIpc) is 3.24. The van der Waals surface area contributed by atoms with E-state index in [0.29, 0.717) is 0 Å². The lowest BCUT2D eigenvalue weighted by atomic mass is 10.1. The van der Waals surface area contributed by atoms with Gasteiger partial charge in [-0.15, -0.1) is 0 Å². The smallest absolute Gasteiger partial charge is 0.387 e. The highest BCUT2D eigenvalue weighted by molar-refractivity contribution is 7.18. The van der Waals surface area contributed by atoms with Gasteiger partial charge in [-0.3, -0.25) is 25.2 Å². The number of nitrogens with one attached hydrogen (secondary N) is 2. The molecular formula is C24H22F4N4O4S. The number of anilines is 2. The predicted molar refractivity (Wildman–Crippen MR) is 128 cm³/mol. The van der Waals surface area contributed by atoms with Gasteiger partial charge in [0.05, 0.1) is 10.6 Å². The maximum absolute atomic E-state index is 14.1. The van der Waals surface area contributed by atoms with Gasteiger partial charge in [0.15, 0.2) is 16.8 Å². The molecule has 0 saturated heterocycles. The monoisotopic (exact) mass is 538 g/mol. The van der Waals surface area contributed by atoms with Gasteiger partial charge >= 0.3 is 6.61 Å². The Morgan fingerprint density at radius 1 is 1.05 bits per heavy atom. The van der Waals surface area contributed by atoms with E-state index in [1.165, 1.54) is 42.2 Å². The Morgan fingerprint density at radius 2 is 1.73 bits per heavy atom. The molecule has 0 spiro atoms. The standard InChI is InChI=1S/C24H22F4N4O4S/c1-4-19(33)30-31-22(35)13(3)32(15-7-10-17(25)18(26)11-15)24-29-12(2)21(37-24)20(34)14-5-8-16(9-6-14)36-23(27)28/h5-11,13,23H,4H2,1-3H3,(H,30,33)(H,31,35). The normalized spacial score (nSPS) is 11.7. The molecule has 2 N–H and O–H groups in total. The number of alkyl halides is 2. The lowest BCUT2D eigenvalue weighted by molar-refractivity contribution is -0.129. The Balaban J connectivity index is 1.96. The first-order valence-electron chi connectivity index (χ1n) is 10.9. The van der Waals surface area contributed by atoms with Gasteiger partial charge < -0.3 is 9.64 Å². The van der Waals surface area contributed by atoms with Crippen molar-refractivity contribution in [2.75, 3.05) is 4.90 Å². The predicted octanol–water partition coefficient (Wildman–Crippen LogP) is 4.65. The van der Waals surface area contributed by atoms with Crippen LogP contribution in [0.4, 0.5) is 28.4 Å². The number of carbonyl (C=O) groups is 3. The Kier molecular flexibility index (Phi) is 8.81. The van der Waals surface area contributed by atoms with Gasteiger partial charge in [-0.1, -0.05) is 18.3 Å². The van der Waals surface area contributed by atoms with Gasteiger partial charge in [0.1, 0.15) is 11.8 Å².